The molecular formula is C22H28N4O3S2. The van der Waals surface area contributed by atoms with Crippen LogP contribution in [0.25, 0.3) is 0 Å². The van der Waals surface area contributed by atoms with Crippen LogP contribution in [0.5, 0.6) is 5.75 Å². The molecule has 2 atom stereocenters. The summed E-state index contributed by atoms with van der Waals surface area (Å²) in [5.74, 6) is 0.0267. The number of aromatic nitrogens is 1. The second-order valence-corrected chi connectivity index (χ2v) is 8.71. The third-order valence-corrected chi connectivity index (χ3v) is 5.92. The summed E-state index contributed by atoms with van der Waals surface area (Å²) >= 11 is 9.08. The monoisotopic (exact) mass is 460 g/mol. The zero-order chi connectivity index (χ0) is 22.5. The molecule has 1 aromatic heterocycles. The van der Waals surface area contributed by atoms with E-state index in [4.69, 9.17) is 18.0 Å². The Morgan fingerprint density at radius 3 is 2.71 bits per heavy atom. The highest BCUT2D eigenvalue weighted by Gasteiger charge is 2.36. The average Bonchev–Trinajstić information content (AvgIpc) is 3.35. The molecular weight excluding hydrogens is 432 g/mol. The third kappa shape index (κ3) is 5.59. The molecule has 2 aromatic rings. The summed E-state index contributed by atoms with van der Waals surface area (Å²) in [5, 5.41) is 13.0. The van der Waals surface area contributed by atoms with E-state index in [9.17, 15) is 14.7 Å². The van der Waals surface area contributed by atoms with E-state index in [1.54, 1.807) is 11.0 Å². The van der Waals surface area contributed by atoms with Crippen molar-refractivity contribution in [3.05, 3.63) is 52.8 Å². The smallest absolute Gasteiger partial charge is 0.246 e. The van der Waals surface area contributed by atoms with Crippen LogP contribution in [0, 0.1) is 6.92 Å². The van der Waals surface area contributed by atoms with Crippen LogP contribution in [0.15, 0.2) is 30.3 Å². The minimum atomic E-state index is -0.686. The van der Waals surface area contributed by atoms with Gasteiger partial charge in [-0.3, -0.25) is 9.59 Å². The van der Waals surface area contributed by atoms with Crippen LogP contribution in [0.1, 0.15) is 47.8 Å². The van der Waals surface area contributed by atoms with Crippen LogP contribution in [-0.4, -0.2) is 50.1 Å². The van der Waals surface area contributed by atoms with Crippen LogP contribution < -0.4 is 11.1 Å². The molecule has 31 heavy (non-hydrogen) atoms. The van der Waals surface area contributed by atoms with Crippen molar-refractivity contribution in [2.45, 2.75) is 44.7 Å². The molecule has 0 spiro atoms. The molecule has 2 heterocycles. The van der Waals surface area contributed by atoms with Crippen molar-refractivity contribution >= 4 is 41.6 Å². The van der Waals surface area contributed by atoms with Gasteiger partial charge in [0.1, 0.15) is 22.5 Å². The molecule has 5 N–H and O–H groups in total. The second-order valence-electron chi connectivity index (χ2n) is 7.82. The molecule has 0 bridgehead atoms. The van der Waals surface area contributed by atoms with Crippen molar-refractivity contribution in [3.8, 4) is 5.75 Å². The Kier molecular flexibility index (Phi) is 7.61. The summed E-state index contributed by atoms with van der Waals surface area (Å²) in [4.78, 5) is 30.7. The van der Waals surface area contributed by atoms with Gasteiger partial charge in [0.2, 0.25) is 11.8 Å². The highest BCUT2D eigenvalue weighted by Crippen LogP contribution is 2.34. The first kappa shape index (κ1) is 23.1. The number of aromatic amines is 1. The fourth-order valence-electron chi connectivity index (χ4n) is 3.91. The number of nitrogens with two attached hydrogens (primary N) is 1. The van der Waals surface area contributed by atoms with Gasteiger partial charge in [-0.2, -0.15) is 12.6 Å². The van der Waals surface area contributed by atoms with Crippen LogP contribution in [-0.2, 0) is 16.0 Å². The Morgan fingerprint density at radius 1 is 1.39 bits per heavy atom. The lowest BCUT2D eigenvalue weighted by Crippen LogP contribution is -2.49. The summed E-state index contributed by atoms with van der Waals surface area (Å²) in [6.45, 7) is 2.57. The van der Waals surface area contributed by atoms with E-state index in [1.165, 1.54) is 0 Å². The first-order valence-electron chi connectivity index (χ1n) is 10.3. The fourth-order valence-corrected chi connectivity index (χ4v) is 4.27. The van der Waals surface area contributed by atoms with Crippen LogP contribution in [0.2, 0.25) is 0 Å². The van der Waals surface area contributed by atoms with E-state index in [0.717, 1.165) is 24.0 Å². The maximum absolute atomic E-state index is 13.5. The lowest BCUT2D eigenvalue weighted by Gasteiger charge is -2.29. The number of H-pyrrole nitrogens is 1. The number of aromatic hydroxyl groups is 1. The first-order valence-corrected chi connectivity index (χ1v) is 11.3. The van der Waals surface area contributed by atoms with Gasteiger partial charge in [0, 0.05) is 31.1 Å². The Balaban J connectivity index is 1.84. The van der Waals surface area contributed by atoms with Gasteiger partial charge in [-0.1, -0.05) is 42.0 Å². The maximum Gasteiger partial charge on any atom is 0.246 e. The molecule has 1 aromatic carbocycles. The molecule has 2 amide bonds. The summed E-state index contributed by atoms with van der Waals surface area (Å²) in [6, 6.07) is 8.56. The van der Waals surface area contributed by atoms with Crippen LogP contribution in [0.4, 0.5) is 0 Å². The topological polar surface area (TPSA) is 111 Å². The summed E-state index contributed by atoms with van der Waals surface area (Å²) in [7, 11) is 0. The molecule has 1 aliphatic heterocycles. The largest absolute Gasteiger partial charge is 0.506 e. The second kappa shape index (κ2) is 10.2. The predicted octanol–water partition coefficient (Wildman–Crippen LogP) is 2.37. The molecule has 7 nitrogen and oxygen atoms in total. The third-order valence-electron chi connectivity index (χ3n) is 5.49. The summed E-state index contributed by atoms with van der Waals surface area (Å²) in [6.07, 6.45) is 2.20. The van der Waals surface area contributed by atoms with Crippen LogP contribution in [0.3, 0.4) is 0 Å². The number of rotatable bonds is 8. The van der Waals surface area contributed by atoms with E-state index in [-0.39, 0.29) is 35.0 Å². The Labute approximate surface area is 192 Å². The molecule has 1 saturated heterocycles. The number of nitrogens with zero attached hydrogens (tertiary/aromatic N) is 1. The van der Waals surface area contributed by atoms with Gasteiger partial charge in [0.25, 0.3) is 0 Å². The number of thiocarbonyl (C=S) groups is 1. The number of amides is 2. The number of hydrogen-bond acceptors (Lipinski definition) is 5. The summed E-state index contributed by atoms with van der Waals surface area (Å²) < 4.78 is 0. The molecule has 0 aliphatic carbocycles. The number of thiol groups is 1. The zero-order valence-electron chi connectivity index (χ0n) is 17.4. The van der Waals surface area contributed by atoms with E-state index in [2.05, 4.69) is 22.9 Å². The lowest BCUT2D eigenvalue weighted by atomic mass is 10.0. The number of aryl methyl sites for hydroxylation is 1. The average molecular weight is 461 g/mol. The van der Waals surface area contributed by atoms with Gasteiger partial charge in [0.15, 0.2) is 0 Å². The standard InChI is InChI=1S/C22H28N4O3S2/c1-13-4-6-14(7-5-13)11-16(24-19(28)8-10-30)22(29)26-9-2-3-17(26)15-12-18(27)20(25-15)21(23)31/h4-7,12,16-17,25,27,30H,2-3,8-11H2,1H3,(H2,23,31)(H,24,28). The van der Waals surface area contributed by atoms with E-state index < -0.39 is 6.04 Å². The molecule has 166 valence electrons. The number of likely N-dealkylation sites (tertiary alicyclic amines) is 1. The van der Waals surface area contributed by atoms with Gasteiger partial charge in [-0.15, -0.1) is 0 Å². The molecule has 0 saturated carbocycles. The molecule has 1 aliphatic rings. The number of carbonyl (C=O) groups excluding carboxylic acids is 2. The van der Waals surface area contributed by atoms with E-state index in [0.29, 0.717) is 30.1 Å². The van der Waals surface area contributed by atoms with E-state index >= 15 is 0 Å². The molecule has 0 radical (unpaired) electrons. The van der Waals surface area contributed by atoms with Gasteiger partial charge in [0.05, 0.1) is 6.04 Å². The van der Waals surface area contributed by atoms with Gasteiger partial charge in [-0.05, 0) is 31.1 Å². The van der Waals surface area contributed by atoms with E-state index in [1.807, 2.05) is 31.2 Å². The number of carbonyl (C=O) groups is 2. The summed E-state index contributed by atoms with van der Waals surface area (Å²) in [5.41, 5.74) is 8.73. The Hall–Kier alpha value is -2.52. The predicted molar refractivity (Wildman–Crippen MR) is 127 cm³/mol. The quantitative estimate of drug-likeness (QED) is 0.307. The van der Waals surface area contributed by atoms with Gasteiger partial charge < -0.3 is 26.0 Å². The Bertz CT molecular complexity index is 958. The SMILES string of the molecule is Cc1ccc(CC(NC(=O)CCS)C(=O)N2CCCC2c2cc(O)c(C(N)=S)[nH]2)cc1. The van der Waals surface area contributed by atoms with Crippen molar-refractivity contribution in [2.24, 2.45) is 5.73 Å². The Morgan fingerprint density at radius 2 is 2.10 bits per heavy atom. The number of nitrogens with one attached hydrogen (secondary N) is 2. The number of benzene rings is 1. The fraction of sp³-hybridized carbons (Fsp3) is 0.409. The molecule has 3 rings (SSSR count). The minimum absolute atomic E-state index is 0.0277. The van der Waals surface area contributed by atoms with Crippen LogP contribution >= 0.6 is 24.8 Å². The molecule has 9 heteroatoms. The molecule has 2 unspecified atom stereocenters. The minimum Gasteiger partial charge on any atom is -0.506 e. The zero-order valence-corrected chi connectivity index (χ0v) is 19.1. The van der Waals surface area contributed by atoms with Gasteiger partial charge in [-0.25, -0.2) is 0 Å². The normalized spacial score (nSPS) is 16.8. The van der Waals surface area contributed by atoms with Crippen molar-refractivity contribution < 1.29 is 14.7 Å². The lowest BCUT2D eigenvalue weighted by molar-refractivity contribution is -0.137. The number of hydrogen-bond donors (Lipinski definition) is 5. The van der Waals surface area contributed by atoms with Crippen molar-refractivity contribution in [1.82, 2.24) is 15.2 Å². The van der Waals surface area contributed by atoms with Crippen molar-refractivity contribution in [1.29, 1.82) is 0 Å². The molecule has 1 fully saturated rings. The van der Waals surface area contributed by atoms with Crippen molar-refractivity contribution in [3.63, 3.8) is 0 Å². The highest BCUT2D eigenvalue weighted by atomic mass is 32.1. The van der Waals surface area contributed by atoms with Crippen molar-refractivity contribution in [2.75, 3.05) is 12.3 Å². The van der Waals surface area contributed by atoms with Gasteiger partial charge >= 0.3 is 0 Å². The first-order chi connectivity index (χ1) is 14.8. The highest BCUT2D eigenvalue weighted by molar-refractivity contribution is 7.80. The maximum atomic E-state index is 13.5.